The molecule has 0 saturated carbocycles. The first-order valence-corrected chi connectivity index (χ1v) is 38.5. The van der Waals surface area contributed by atoms with Gasteiger partial charge in [0, 0.05) is 157 Å². The Labute approximate surface area is 670 Å². The average molecular weight is 1640 g/mol. The number of hydrogen-bond donors (Lipinski definition) is 9. The van der Waals surface area contributed by atoms with Gasteiger partial charge < -0.3 is 61.2 Å². The Kier molecular flexibility index (Phi) is 26.7. The van der Waals surface area contributed by atoms with Crippen molar-refractivity contribution in [1.82, 2.24) is 101 Å². The second kappa shape index (κ2) is 37.1. The van der Waals surface area contributed by atoms with Crippen molar-refractivity contribution >= 4 is 137 Å². The molecule has 37 heteroatoms. The molecule has 3 aliphatic rings. The molecule has 0 unspecified atom stereocenters. The van der Waals surface area contributed by atoms with Crippen LogP contribution in [0.1, 0.15) is 105 Å². The summed E-state index contributed by atoms with van der Waals surface area (Å²) in [6.45, 7) is 13.2. The number of rotatable bonds is 22. The molecule has 0 aromatic carbocycles. The quantitative estimate of drug-likeness (QED) is 0.0285. The summed E-state index contributed by atoms with van der Waals surface area (Å²) >= 11 is 24.2. The SMILES string of the molecule is CCCNC(=O)[C@H](Nc1ccnc(-c2c[nH]c3ncc(Cl)cc23)n1)C(C)C.CCCNC(=O)[C@H]1CCCN1c1ccnc(-c2c[nH]c3ncc(Cl)cc23)n1.CCCNC(=O)[C@H]1CCCN1c1nc(-c2c[nH]c3ncc(Cl)cc23)ncc1F.O=C(NCCC(F)(F)F)[C@H]1CCCN1c1nc(-c2c[nH]c3ncc(Cl)cc23)ncc1F.[HH].[HH].[HH].[HH]. The zero-order valence-corrected chi connectivity index (χ0v) is 65.1. The van der Waals surface area contributed by atoms with Gasteiger partial charge in [-0.05, 0) is 100 Å². The first-order chi connectivity index (χ1) is 54.5. The summed E-state index contributed by atoms with van der Waals surface area (Å²) in [5, 5.41) is 19.5. The highest BCUT2D eigenvalue weighted by molar-refractivity contribution is 6.32. The summed E-state index contributed by atoms with van der Waals surface area (Å²) in [6.07, 6.45) is 20.1. The van der Waals surface area contributed by atoms with Gasteiger partial charge in [0.15, 0.2) is 46.6 Å². The number of anilines is 4. The zero-order valence-electron chi connectivity index (χ0n) is 62.0. The number of halogens is 9. The molecule has 12 aromatic heterocycles. The third kappa shape index (κ3) is 19.7. The van der Waals surface area contributed by atoms with E-state index in [0.29, 0.717) is 123 Å². The Hall–Kier alpha value is -11.0. The summed E-state index contributed by atoms with van der Waals surface area (Å²) in [5.41, 5.74) is 5.53. The number of fused-ring (bicyclic) bond motifs is 4. The molecule has 0 radical (unpaired) electrons. The third-order valence-corrected chi connectivity index (χ3v) is 19.6. The van der Waals surface area contributed by atoms with Gasteiger partial charge in [0.05, 0.1) is 38.9 Å². The standard InChI is InChI=1S/C19H17ClF4N6O.C19H20ClFN6O.C19H21ClN6O.C19H23ClN6O.4H2/c20-10-6-11-12(8-27-15(11)26-7-10)16-28-9-13(21)17(29-16)30-5-1-2-14(30)18(31)25-4-3-19(22,23)24;1-2-5-22-19(28)15-4-3-6-27(15)18-14(21)10-25-17(26-18)13-9-24-16-12(13)7-11(20)8-23-16;1-2-6-22-19(27)15-4-3-8-26(15)16-5-7-21-18(25-16)14-11-24-17-13(14)9-12(20)10-23-17;1-4-6-22-19(27)16(11(2)3)25-15-5-7-21-18(26-15)14-10-24-17-13(14)8-12(20)9-23-17;;;;/h6-9,14H,1-5H2,(H,25,31)(H,26,27);7-10,15H,2-6H2,1H3,(H,22,28)(H,23,24);5,7,9-11,15H,2-4,6,8H2,1H3,(H,22,27)(H,23,24);5,7-11,16H,4,6H2,1-3H3,(H,22,27)(H,23,24)(H,21,25,26);4*1H/t14-;2*15-;16-;;;;/m1111..../s1. The molecule has 3 fully saturated rings. The van der Waals surface area contributed by atoms with E-state index in [9.17, 15) is 41.1 Å². The molecule has 600 valence electrons. The molecule has 3 saturated heterocycles. The molecule has 0 aliphatic carbocycles. The van der Waals surface area contributed by atoms with E-state index in [1.165, 1.54) is 11.1 Å². The smallest absolute Gasteiger partial charge is 0.358 e. The monoisotopic (exact) mass is 1640 g/mol. The molecule has 28 nitrogen and oxygen atoms in total. The van der Waals surface area contributed by atoms with Gasteiger partial charge in [-0.15, -0.1) is 0 Å². The summed E-state index contributed by atoms with van der Waals surface area (Å²) < 4.78 is 66.2. The normalized spacial score (nSPS) is 15.7. The number of alkyl halides is 3. The molecule has 15 heterocycles. The highest BCUT2D eigenvalue weighted by atomic mass is 35.5. The van der Waals surface area contributed by atoms with Gasteiger partial charge in [0.25, 0.3) is 0 Å². The number of pyridine rings is 4. The number of aromatic amines is 4. The van der Waals surface area contributed by atoms with Gasteiger partial charge in [-0.3, -0.25) is 19.2 Å². The van der Waals surface area contributed by atoms with Gasteiger partial charge >= 0.3 is 6.18 Å². The highest BCUT2D eigenvalue weighted by Gasteiger charge is 2.37. The van der Waals surface area contributed by atoms with Crippen LogP contribution in [0.15, 0.2) is 111 Å². The molecule has 3 aliphatic heterocycles. The number of carbonyl (C=O) groups is 4. The van der Waals surface area contributed by atoms with Crippen molar-refractivity contribution in [3.63, 3.8) is 0 Å². The van der Waals surface area contributed by atoms with Crippen molar-refractivity contribution in [2.24, 2.45) is 5.92 Å². The van der Waals surface area contributed by atoms with Crippen molar-refractivity contribution in [2.75, 3.05) is 65.8 Å². The average Bonchev–Trinajstić information content (AvgIpc) is 1.67. The van der Waals surface area contributed by atoms with E-state index in [2.05, 4.69) is 106 Å². The summed E-state index contributed by atoms with van der Waals surface area (Å²) in [7, 11) is 0. The molecule has 4 amide bonds. The van der Waals surface area contributed by atoms with Crippen LogP contribution >= 0.6 is 46.4 Å². The number of amides is 4. The second-order valence-electron chi connectivity index (χ2n) is 27.2. The second-order valence-corrected chi connectivity index (χ2v) is 28.9. The van der Waals surface area contributed by atoms with Crippen LogP contribution in [-0.2, 0) is 19.2 Å². The molecule has 15 rings (SSSR count). The molecule has 0 bridgehead atoms. The molecule has 0 spiro atoms. The number of nitrogens with one attached hydrogen (secondary N) is 9. The van der Waals surface area contributed by atoms with E-state index < -0.39 is 48.8 Å². The highest BCUT2D eigenvalue weighted by Crippen LogP contribution is 2.36. The van der Waals surface area contributed by atoms with Crippen LogP contribution in [-0.4, -0.2) is 180 Å². The van der Waals surface area contributed by atoms with Gasteiger partial charge in [-0.25, -0.2) is 68.6 Å². The molecule has 4 atom stereocenters. The number of carbonyl (C=O) groups excluding carboxylic acids is 4. The first-order valence-electron chi connectivity index (χ1n) is 36.9. The molecular weight excluding hydrogens is 1550 g/mol. The van der Waals surface area contributed by atoms with E-state index >= 15 is 0 Å². The largest absolute Gasteiger partial charge is 0.390 e. The van der Waals surface area contributed by atoms with Crippen LogP contribution in [0.25, 0.3) is 89.7 Å². The van der Waals surface area contributed by atoms with Crippen LogP contribution in [0.2, 0.25) is 20.1 Å². The summed E-state index contributed by atoms with van der Waals surface area (Å²) in [4.78, 5) is 119. The van der Waals surface area contributed by atoms with E-state index in [1.807, 2.05) is 59.0 Å². The van der Waals surface area contributed by atoms with Crippen LogP contribution in [0.4, 0.5) is 45.2 Å². The number of nitrogens with zero attached hydrogens (tertiary/aromatic N) is 15. The fourth-order valence-corrected chi connectivity index (χ4v) is 14.0. The summed E-state index contributed by atoms with van der Waals surface area (Å²) in [5.74, 6) is 1.27. The maximum atomic E-state index is 14.6. The topological polar surface area (TPSA) is 356 Å². The maximum Gasteiger partial charge on any atom is 0.390 e. The fraction of sp³-hybridized carbons (Fsp3) is 0.368. The van der Waals surface area contributed by atoms with Crippen molar-refractivity contribution in [3.8, 4) is 45.6 Å². The van der Waals surface area contributed by atoms with Gasteiger partial charge in [0.2, 0.25) is 23.6 Å². The zero-order chi connectivity index (χ0) is 80.0. The third-order valence-electron chi connectivity index (χ3n) is 18.8. The molecule has 9 N–H and O–H groups in total. The Morgan fingerprint density at radius 2 is 0.850 bits per heavy atom. The van der Waals surface area contributed by atoms with Crippen LogP contribution in [0.5, 0.6) is 0 Å². The van der Waals surface area contributed by atoms with E-state index in [-0.39, 0.29) is 58.9 Å². The van der Waals surface area contributed by atoms with Gasteiger partial charge in [-0.2, -0.15) is 13.2 Å². The Balaban J connectivity index is 0.000000193. The number of H-pyrrole nitrogens is 4. The minimum atomic E-state index is -4.37. The van der Waals surface area contributed by atoms with Crippen LogP contribution < -0.4 is 41.3 Å². The lowest BCUT2D eigenvalue weighted by atomic mass is 10.0. The molecule has 12 aromatic rings. The lowest BCUT2D eigenvalue weighted by Gasteiger charge is -2.25. The molecule has 113 heavy (non-hydrogen) atoms. The van der Waals surface area contributed by atoms with Crippen LogP contribution in [0.3, 0.4) is 0 Å². The lowest BCUT2D eigenvalue weighted by Crippen LogP contribution is -2.44. The van der Waals surface area contributed by atoms with Crippen molar-refractivity contribution < 1.29 is 46.8 Å². The minimum absolute atomic E-state index is 0. The molecular formula is C76H89Cl4F5N24O4. The maximum absolute atomic E-state index is 14.6. The summed E-state index contributed by atoms with van der Waals surface area (Å²) in [6, 6.07) is 8.93. The Bertz CT molecular complexity index is 5360. The first kappa shape index (κ1) is 81.5. The predicted molar refractivity (Wildman–Crippen MR) is 434 cm³/mol. The van der Waals surface area contributed by atoms with Crippen LogP contribution in [0, 0.1) is 17.6 Å². The van der Waals surface area contributed by atoms with Gasteiger partial charge in [0.1, 0.15) is 58.4 Å². The predicted octanol–water partition coefficient (Wildman–Crippen LogP) is 14.9. The van der Waals surface area contributed by atoms with Crippen molar-refractivity contribution in [1.29, 1.82) is 0 Å². The fourth-order valence-electron chi connectivity index (χ4n) is 13.4. The van der Waals surface area contributed by atoms with Crippen molar-refractivity contribution in [3.05, 3.63) is 142 Å². The minimum Gasteiger partial charge on any atom is -0.358 e. The number of aromatic nitrogens is 16. The van der Waals surface area contributed by atoms with E-state index in [1.54, 1.807) is 72.7 Å². The van der Waals surface area contributed by atoms with Gasteiger partial charge in [-0.1, -0.05) is 81.0 Å². The number of hydrogen-bond acceptors (Lipinski definition) is 20. The Morgan fingerprint density at radius 3 is 1.25 bits per heavy atom. The van der Waals surface area contributed by atoms with E-state index in [0.717, 1.165) is 102 Å². The Morgan fingerprint density at radius 1 is 0.487 bits per heavy atom. The lowest BCUT2D eigenvalue weighted by molar-refractivity contribution is -0.136. The van der Waals surface area contributed by atoms with E-state index in [4.69, 9.17) is 51.4 Å². The van der Waals surface area contributed by atoms with Crippen molar-refractivity contribution in [2.45, 2.75) is 129 Å².